The van der Waals surface area contributed by atoms with Crippen molar-refractivity contribution >= 4 is 22.9 Å². The van der Waals surface area contributed by atoms with E-state index in [0.717, 1.165) is 23.5 Å². The van der Waals surface area contributed by atoms with E-state index >= 15 is 0 Å². The predicted molar refractivity (Wildman–Crippen MR) is 107 cm³/mol. The molecule has 6 nitrogen and oxygen atoms in total. The van der Waals surface area contributed by atoms with Crippen molar-refractivity contribution < 1.29 is 13.9 Å². The van der Waals surface area contributed by atoms with Crippen molar-refractivity contribution in [2.75, 3.05) is 25.5 Å². The molecule has 0 radical (unpaired) electrons. The van der Waals surface area contributed by atoms with E-state index in [4.69, 9.17) is 9.15 Å². The minimum atomic E-state index is -0.0880. The lowest BCUT2D eigenvalue weighted by Gasteiger charge is -2.20. The zero-order chi connectivity index (χ0) is 19.1. The zero-order valence-corrected chi connectivity index (χ0v) is 16.3. The lowest BCUT2D eigenvalue weighted by molar-refractivity contribution is -0.117. The molecule has 0 aliphatic heterocycles. The number of anilines is 1. The molecular weight excluding hydrogens is 362 g/mol. The summed E-state index contributed by atoms with van der Waals surface area (Å²) >= 11 is 1.59. The largest absolute Gasteiger partial charge is 0.495 e. The fraction of sp³-hybridized carbons (Fsp3) is 0.300. The summed E-state index contributed by atoms with van der Waals surface area (Å²) < 4.78 is 10.9. The molecule has 2 aromatic heterocycles. The van der Waals surface area contributed by atoms with Crippen molar-refractivity contribution in [1.82, 2.24) is 9.88 Å². The first kappa shape index (κ1) is 19.1. The molecule has 1 N–H and O–H groups in total. The second-order valence-electron chi connectivity index (χ2n) is 6.08. The lowest BCUT2D eigenvalue weighted by Crippen LogP contribution is -2.33. The first-order valence-electron chi connectivity index (χ1n) is 8.83. The molecule has 0 atom stereocenters. The van der Waals surface area contributed by atoms with Gasteiger partial charge in [-0.05, 0) is 36.5 Å². The molecule has 0 spiro atoms. The highest BCUT2D eigenvalue weighted by Gasteiger charge is 2.15. The number of nitrogens with one attached hydrogen (secondary N) is 1. The fourth-order valence-electron chi connectivity index (χ4n) is 2.79. The van der Waals surface area contributed by atoms with Crippen LogP contribution in [0.3, 0.4) is 0 Å². The third-order valence-corrected chi connectivity index (χ3v) is 4.82. The van der Waals surface area contributed by atoms with Crippen LogP contribution in [0, 0.1) is 0 Å². The number of thiophene rings is 1. The number of para-hydroxylation sites is 2. The molecule has 3 rings (SSSR count). The smallest absolute Gasteiger partial charge is 0.238 e. The van der Waals surface area contributed by atoms with Gasteiger partial charge in [0.1, 0.15) is 12.0 Å². The molecule has 0 saturated heterocycles. The Balaban J connectivity index is 1.62. The average Bonchev–Trinajstić information content (AvgIpc) is 3.34. The number of rotatable bonds is 9. The number of benzene rings is 1. The van der Waals surface area contributed by atoms with Gasteiger partial charge in [-0.1, -0.05) is 25.1 Å². The maximum atomic E-state index is 12.5. The molecule has 0 fully saturated rings. The number of aromatic nitrogens is 1. The SMILES string of the molecule is CCCN(CC(=O)Nc1ccccc1OC)Cc1coc(-c2cccs2)n1. The van der Waals surface area contributed by atoms with Gasteiger partial charge in [-0.2, -0.15) is 0 Å². The molecule has 0 saturated carbocycles. The summed E-state index contributed by atoms with van der Waals surface area (Å²) in [5, 5.41) is 4.91. The monoisotopic (exact) mass is 385 g/mol. The standard InChI is InChI=1S/C20H23N3O3S/c1-3-10-23(12-15-14-26-20(21-15)18-9-6-11-27-18)13-19(24)22-16-7-4-5-8-17(16)25-2/h4-9,11,14H,3,10,12-13H2,1-2H3,(H,22,24). The summed E-state index contributed by atoms with van der Waals surface area (Å²) in [6.07, 6.45) is 2.60. The first-order chi connectivity index (χ1) is 13.2. The van der Waals surface area contributed by atoms with Gasteiger partial charge in [0.2, 0.25) is 11.8 Å². The molecule has 27 heavy (non-hydrogen) atoms. The number of carbonyl (C=O) groups is 1. The maximum absolute atomic E-state index is 12.5. The van der Waals surface area contributed by atoms with E-state index in [1.54, 1.807) is 24.7 Å². The minimum Gasteiger partial charge on any atom is -0.495 e. The summed E-state index contributed by atoms with van der Waals surface area (Å²) in [4.78, 5) is 20.1. The van der Waals surface area contributed by atoms with Crippen LogP contribution in [0.2, 0.25) is 0 Å². The number of hydrogen-bond donors (Lipinski definition) is 1. The Bertz CT molecular complexity index is 861. The van der Waals surface area contributed by atoms with Gasteiger partial charge < -0.3 is 14.5 Å². The minimum absolute atomic E-state index is 0.0880. The van der Waals surface area contributed by atoms with Gasteiger partial charge in [0, 0.05) is 6.54 Å². The van der Waals surface area contributed by atoms with Crippen molar-refractivity contribution in [3.05, 3.63) is 53.7 Å². The van der Waals surface area contributed by atoms with Crippen LogP contribution in [0.25, 0.3) is 10.8 Å². The lowest BCUT2D eigenvalue weighted by atomic mass is 10.3. The quantitative estimate of drug-likeness (QED) is 0.596. The number of oxazole rings is 1. The molecule has 7 heteroatoms. The fourth-order valence-corrected chi connectivity index (χ4v) is 3.45. The highest BCUT2D eigenvalue weighted by molar-refractivity contribution is 7.13. The van der Waals surface area contributed by atoms with Gasteiger partial charge in [0.05, 0.1) is 29.9 Å². The Morgan fingerprint density at radius 2 is 2.15 bits per heavy atom. The van der Waals surface area contributed by atoms with Crippen LogP contribution >= 0.6 is 11.3 Å². The average molecular weight is 385 g/mol. The van der Waals surface area contributed by atoms with Crippen molar-refractivity contribution in [2.45, 2.75) is 19.9 Å². The van der Waals surface area contributed by atoms with E-state index < -0.39 is 0 Å². The van der Waals surface area contributed by atoms with Gasteiger partial charge in [-0.25, -0.2) is 4.98 Å². The number of hydrogen-bond acceptors (Lipinski definition) is 6. The summed E-state index contributed by atoms with van der Waals surface area (Å²) in [6.45, 7) is 3.71. The molecule has 0 aliphatic carbocycles. The van der Waals surface area contributed by atoms with E-state index in [-0.39, 0.29) is 12.5 Å². The normalized spacial score (nSPS) is 10.9. The number of nitrogens with zero attached hydrogens (tertiary/aromatic N) is 2. The van der Waals surface area contributed by atoms with E-state index in [1.165, 1.54) is 0 Å². The van der Waals surface area contributed by atoms with Crippen molar-refractivity contribution in [3.63, 3.8) is 0 Å². The first-order valence-corrected chi connectivity index (χ1v) is 9.71. The summed E-state index contributed by atoms with van der Waals surface area (Å²) in [6, 6.07) is 11.3. The van der Waals surface area contributed by atoms with Crippen LogP contribution in [-0.4, -0.2) is 36.0 Å². The zero-order valence-electron chi connectivity index (χ0n) is 15.5. The Morgan fingerprint density at radius 3 is 2.89 bits per heavy atom. The molecule has 2 heterocycles. The summed E-state index contributed by atoms with van der Waals surface area (Å²) in [5.74, 6) is 1.18. The Labute approximate surface area is 162 Å². The van der Waals surface area contributed by atoms with Crippen LogP contribution < -0.4 is 10.1 Å². The number of amides is 1. The molecule has 0 bridgehead atoms. The molecule has 3 aromatic rings. The Hall–Kier alpha value is -2.64. The molecule has 1 aromatic carbocycles. The molecule has 142 valence electrons. The van der Waals surface area contributed by atoms with Gasteiger partial charge in [0.25, 0.3) is 0 Å². The van der Waals surface area contributed by atoms with E-state index in [1.807, 2.05) is 41.8 Å². The van der Waals surface area contributed by atoms with E-state index in [9.17, 15) is 4.79 Å². The highest BCUT2D eigenvalue weighted by Crippen LogP contribution is 2.24. The van der Waals surface area contributed by atoms with Gasteiger partial charge in [-0.3, -0.25) is 9.69 Å². The predicted octanol–water partition coefficient (Wildman–Crippen LogP) is 4.26. The van der Waals surface area contributed by atoms with Crippen LogP contribution in [0.4, 0.5) is 5.69 Å². The highest BCUT2D eigenvalue weighted by atomic mass is 32.1. The Kier molecular flexibility index (Phi) is 6.62. The van der Waals surface area contributed by atoms with Crippen LogP contribution in [-0.2, 0) is 11.3 Å². The number of methoxy groups -OCH3 is 1. The van der Waals surface area contributed by atoms with Crippen molar-refractivity contribution in [3.8, 4) is 16.5 Å². The van der Waals surface area contributed by atoms with Crippen LogP contribution in [0.1, 0.15) is 19.0 Å². The van der Waals surface area contributed by atoms with Crippen LogP contribution in [0.15, 0.2) is 52.5 Å². The Morgan fingerprint density at radius 1 is 1.30 bits per heavy atom. The van der Waals surface area contributed by atoms with Gasteiger partial charge >= 0.3 is 0 Å². The second-order valence-corrected chi connectivity index (χ2v) is 7.03. The maximum Gasteiger partial charge on any atom is 0.238 e. The summed E-state index contributed by atoms with van der Waals surface area (Å²) in [5.41, 5.74) is 1.49. The second kappa shape index (κ2) is 9.34. The van der Waals surface area contributed by atoms with E-state index in [0.29, 0.717) is 23.9 Å². The van der Waals surface area contributed by atoms with E-state index in [2.05, 4.69) is 22.1 Å². The van der Waals surface area contributed by atoms with Gasteiger partial charge in [-0.15, -0.1) is 11.3 Å². The topological polar surface area (TPSA) is 67.6 Å². The third-order valence-electron chi connectivity index (χ3n) is 3.96. The summed E-state index contributed by atoms with van der Waals surface area (Å²) in [7, 11) is 1.59. The third kappa shape index (κ3) is 5.18. The van der Waals surface area contributed by atoms with Gasteiger partial charge in [0.15, 0.2) is 0 Å². The molecular formula is C20H23N3O3S. The van der Waals surface area contributed by atoms with Crippen molar-refractivity contribution in [2.24, 2.45) is 0 Å². The molecule has 1 amide bonds. The molecule has 0 unspecified atom stereocenters. The van der Waals surface area contributed by atoms with Crippen LogP contribution in [0.5, 0.6) is 5.75 Å². The number of ether oxygens (including phenoxy) is 1. The number of carbonyl (C=O) groups excluding carboxylic acids is 1. The molecule has 0 aliphatic rings. The van der Waals surface area contributed by atoms with Crippen molar-refractivity contribution in [1.29, 1.82) is 0 Å².